The molecule has 1 aliphatic heterocycles. The molecule has 0 atom stereocenters. The van der Waals surface area contributed by atoms with Crippen molar-refractivity contribution in [3.8, 4) is 17.2 Å². The Hall–Kier alpha value is -4.76. The SMILES string of the molecule is CCc1ccc(Oc2coc3cc(OC(=O)c4ccc5c(c4)C(=O)N(CCCOC)C5=O)ccc3c2=O)cc1. The van der Waals surface area contributed by atoms with E-state index in [-0.39, 0.29) is 51.1 Å². The summed E-state index contributed by atoms with van der Waals surface area (Å²) >= 11 is 0. The van der Waals surface area contributed by atoms with E-state index in [1.807, 2.05) is 19.1 Å². The van der Waals surface area contributed by atoms with Gasteiger partial charge in [0.05, 0.1) is 22.1 Å². The van der Waals surface area contributed by atoms with Crippen LogP contribution in [0.1, 0.15) is 50.0 Å². The van der Waals surface area contributed by atoms with Crippen LogP contribution in [0.3, 0.4) is 0 Å². The standard InChI is InChI=1S/C30H25NO8/c1-3-18-5-8-20(9-6-18)38-26-17-37-25-16-21(10-12-23(25)27(26)32)39-30(35)19-7-11-22-24(15-19)29(34)31(28(22)33)13-4-14-36-2/h5-12,15-17H,3-4,13-14H2,1-2H3. The number of hydrogen-bond acceptors (Lipinski definition) is 8. The van der Waals surface area contributed by atoms with Crippen molar-refractivity contribution in [2.45, 2.75) is 19.8 Å². The van der Waals surface area contributed by atoms with E-state index in [0.29, 0.717) is 18.8 Å². The van der Waals surface area contributed by atoms with E-state index in [1.165, 1.54) is 42.7 Å². The molecule has 0 bridgehead atoms. The topological polar surface area (TPSA) is 112 Å². The zero-order chi connectivity index (χ0) is 27.5. The Morgan fingerprint density at radius 3 is 2.38 bits per heavy atom. The molecule has 1 aliphatic rings. The highest BCUT2D eigenvalue weighted by Gasteiger charge is 2.35. The average molecular weight is 528 g/mol. The monoisotopic (exact) mass is 527 g/mol. The number of ether oxygens (including phenoxy) is 3. The number of fused-ring (bicyclic) bond motifs is 2. The highest BCUT2D eigenvalue weighted by atomic mass is 16.5. The maximum atomic E-state index is 12.9. The van der Waals surface area contributed by atoms with E-state index in [1.54, 1.807) is 19.2 Å². The number of carbonyl (C=O) groups is 3. The van der Waals surface area contributed by atoms with Gasteiger partial charge < -0.3 is 18.6 Å². The van der Waals surface area contributed by atoms with Crippen LogP contribution in [0.4, 0.5) is 0 Å². The molecule has 9 heteroatoms. The lowest BCUT2D eigenvalue weighted by molar-refractivity contribution is 0.0638. The Kier molecular flexibility index (Phi) is 7.25. The second-order valence-electron chi connectivity index (χ2n) is 8.94. The molecule has 2 heterocycles. The zero-order valence-electron chi connectivity index (χ0n) is 21.4. The summed E-state index contributed by atoms with van der Waals surface area (Å²) in [5.41, 5.74) is 1.47. The molecule has 0 radical (unpaired) electrons. The third-order valence-electron chi connectivity index (χ3n) is 6.42. The molecule has 4 aromatic rings. The highest BCUT2D eigenvalue weighted by molar-refractivity contribution is 6.22. The second kappa shape index (κ2) is 10.9. The molecule has 0 N–H and O–H groups in total. The third-order valence-corrected chi connectivity index (χ3v) is 6.42. The number of imide groups is 1. The van der Waals surface area contributed by atoms with Crippen molar-refractivity contribution in [1.29, 1.82) is 0 Å². The van der Waals surface area contributed by atoms with Gasteiger partial charge in [-0.05, 0) is 60.9 Å². The number of rotatable bonds is 9. The van der Waals surface area contributed by atoms with Crippen molar-refractivity contribution in [2.75, 3.05) is 20.3 Å². The summed E-state index contributed by atoms with van der Waals surface area (Å²) in [6, 6.07) is 16.0. The van der Waals surface area contributed by atoms with Gasteiger partial charge in [-0.2, -0.15) is 0 Å². The smallest absolute Gasteiger partial charge is 0.343 e. The molecule has 0 saturated heterocycles. The lowest BCUT2D eigenvalue weighted by Gasteiger charge is -2.12. The van der Waals surface area contributed by atoms with Gasteiger partial charge in [0.15, 0.2) is 0 Å². The molecule has 0 fully saturated rings. The molecular weight excluding hydrogens is 502 g/mol. The molecule has 2 amide bonds. The summed E-state index contributed by atoms with van der Waals surface area (Å²) < 4.78 is 21.8. The minimum Gasteiger partial charge on any atom is -0.460 e. The minimum absolute atomic E-state index is 0.0325. The molecule has 3 aromatic carbocycles. The van der Waals surface area contributed by atoms with E-state index in [0.717, 1.165) is 16.9 Å². The first-order valence-corrected chi connectivity index (χ1v) is 12.4. The molecule has 39 heavy (non-hydrogen) atoms. The first-order valence-electron chi connectivity index (χ1n) is 12.4. The van der Waals surface area contributed by atoms with Crippen LogP contribution in [0.15, 0.2) is 76.1 Å². The van der Waals surface area contributed by atoms with Crippen LogP contribution in [0.2, 0.25) is 0 Å². The number of esters is 1. The summed E-state index contributed by atoms with van der Waals surface area (Å²) in [4.78, 5) is 52.2. The molecule has 0 aliphatic carbocycles. The summed E-state index contributed by atoms with van der Waals surface area (Å²) in [6.45, 7) is 2.69. The number of aryl methyl sites for hydroxylation is 1. The predicted octanol–water partition coefficient (Wildman–Crippen LogP) is 5.00. The molecular formula is C30H25NO8. The Bertz CT molecular complexity index is 1640. The van der Waals surface area contributed by atoms with E-state index in [4.69, 9.17) is 18.6 Å². The van der Waals surface area contributed by atoms with Gasteiger partial charge in [-0.1, -0.05) is 19.1 Å². The van der Waals surface area contributed by atoms with E-state index in [9.17, 15) is 19.2 Å². The fraction of sp³-hybridized carbons (Fsp3) is 0.200. The average Bonchev–Trinajstić information content (AvgIpc) is 3.19. The van der Waals surface area contributed by atoms with Gasteiger partial charge in [0.1, 0.15) is 23.3 Å². The largest absolute Gasteiger partial charge is 0.460 e. The molecule has 1 aromatic heterocycles. The van der Waals surface area contributed by atoms with Crippen LogP contribution in [0.25, 0.3) is 11.0 Å². The molecule has 5 rings (SSSR count). The van der Waals surface area contributed by atoms with Crippen LogP contribution in [0.5, 0.6) is 17.2 Å². The van der Waals surface area contributed by atoms with Crippen LogP contribution >= 0.6 is 0 Å². The van der Waals surface area contributed by atoms with Gasteiger partial charge in [-0.3, -0.25) is 19.3 Å². The van der Waals surface area contributed by atoms with Gasteiger partial charge in [0, 0.05) is 26.3 Å². The predicted molar refractivity (Wildman–Crippen MR) is 142 cm³/mol. The van der Waals surface area contributed by atoms with Gasteiger partial charge in [-0.25, -0.2) is 4.79 Å². The van der Waals surface area contributed by atoms with Crippen molar-refractivity contribution in [3.05, 3.63) is 99.4 Å². The van der Waals surface area contributed by atoms with Gasteiger partial charge in [0.25, 0.3) is 11.8 Å². The third kappa shape index (κ3) is 5.17. The molecule has 0 unspecified atom stereocenters. The van der Waals surface area contributed by atoms with Crippen LogP contribution in [0, 0.1) is 0 Å². The lowest BCUT2D eigenvalue weighted by atomic mass is 10.1. The van der Waals surface area contributed by atoms with Crippen molar-refractivity contribution in [1.82, 2.24) is 4.90 Å². The van der Waals surface area contributed by atoms with Crippen LogP contribution in [-0.4, -0.2) is 42.9 Å². The summed E-state index contributed by atoms with van der Waals surface area (Å²) in [6.07, 6.45) is 2.61. The first-order chi connectivity index (χ1) is 18.9. The number of methoxy groups -OCH3 is 1. The summed E-state index contributed by atoms with van der Waals surface area (Å²) in [7, 11) is 1.54. The van der Waals surface area contributed by atoms with Crippen molar-refractivity contribution >= 4 is 28.8 Å². The Balaban J connectivity index is 1.32. The molecule has 198 valence electrons. The number of benzene rings is 3. The lowest BCUT2D eigenvalue weighted by Crippen LogP contribution is -2.31. The highest BCUT2D eigenvalue weighted by Crippen LogP contribution is 2.27. The Labute approximate surface area is 223 Å². The Morgan fingerprint density at radius 2 is 1.64 bits per heavy atom. The van der Waals surface area contributed by atoms with Crippen molar-refractivity contribution < 1.29 is 33.0 Å². The maximum absolute atomic E-state index is 12.9. The van der Waals surface area contributed by atoms with Crippen molar-refractivity contribution in [3.63, 3.8) is 0 Å². The Morgan fingerprint density at radius 1 is 0.897 bits per heavy atom. The van der Waals surface area contributed by atoms with E-state index >= 15 is 0 Å². The second-order valence-corrected chi connectivity index (χ2v) is 8.94. The van der Waals surface area contributed by atoms with Crippen LogP contribution in [-0.2, 0) is 11.2 Å². The van der Waals surface area contributed by atoms with Gasteiger partial charge >= 0.3 is 5.97 Å². The van der Waals surface area contributed by atoms with E-state index in [2.05, 4.69) is 0 Å². The normalized spacial score (nSPS) is 12.6. The maximum Gasteiger partial charge on any atom is 0.343 e. The summed E-state index contributed by atoms with van der Waals surface area (Å²) in [5.74, 6) is -0.914. The number of nitrogens with zero attached hydrogens (tertiary/aromatic N) is 1. The van der Waals surface area contributed by atoms with E-state index < -0.39 is 17.8 Å². The minimum atomic E-state index is -0.729. The number of carbonyl (C=O) groups excluding carboxylic acids is 3. The number of hydrogen-bond donors (Lipinski definition) is 0. The molecule has 0 saturated carbocycles. The fourth-order valence-electron chi connectivity index (χ4n) is 4.30. The number of amides is 2. The fourth-order valence-corrected chi connectivity index (χ4v) is 4.30. The van der Waals surface area contributed by atoms with Crippen LogP contribution < -0.4 is 14.9 Å². The molecule has 0 spiro atoms. The van der Waals surface area contributed by atoms with Gasteiger partial charge in [-0.15, -0.1) is 0 Å². The van der Waals surface area contributed by atoms with Gasteiger partial charge in [0.2, 0.25) is 11.2 Å². The van der Waals surface area contributed by atoms with Crippen molar-refractivity contribution in [2.24, 2.45) is 0 Å². The zero-order valence-corrected chi connectivity index (χ0v) is 21.4. The summed E-state index contributed by atoms with van der Waals surface area (Å²) in [5, 5.41) is 0.257. The quantitative estimate of drug-likeness (QED) is 0.129. The molecule has 9 nitrogen and oxygen atoms in total. The first kappa shape index (κ1) is 25.9.